The average Bonchev–Trinajstić information content (AvgIpc) is 2.72. The highest BCUT2D eigenvalue weighted by molar-refractivity contribution is 5.70. The van der Waals surface area contributed by atoms with E-state index in [1.165, 1.54) is 64.2 Å². The molecule has 0 N–H and O–H groups in total. The maximum absolute atomic E-state index is 11.7. The Morgan fingerprint density at radius 3 is 1.52 bits per heavy atom. The molecule has 0 saturated carbocycles. The summed E-state index contributed by atoms with van der Waals surface area (Å²) in [7, 11) is 0. The number of hydrogen-bond acceptors (Lipinski definition) is 4. The van der Waals surface area contributed by atoms with Gasteiger partial charge >= 0.3 is 11.9 Å². The van der Waals surface area contributed by atoms with Crippen molar-refractivity contribution in [1.29, 1.82) is 0 Å². The van der Waals surface area contributed by atoms with Gasteiger partial charge < -0.3 is 9.47 Å². The molecule has 0 amide bonds. The second kappa shape index (κ2) is 21.6. The number of hydrogen-bond donors (Lipinski definition) is 0. The van der Waals surface area contributed by atoms with Crippen molar-refractivity contribution in [2.24, 2.45) is 0 Å². The predicted octanol–water partition coefficient (Wildman–Crippen LogP) is 7.52. The maximum atomic E-state index is 11.7. The average molecular weight is 413 g/mol. The summed E-state index contributed by atoms with van der Waals surface area (Å²) < 4.78 is 10.6. The molecule has 4 nitrogen and oxygen atoms in total. The number of esters is 2. The lowest BCUT2D eigenvalue weighted by atomic mass is 10.1. The zero-order valence-electron chi connectivity index (χ0n) is 19.6. The van der Waals surface area contributed by atoms with Crippen LogP contribution in [0, 0.1) is 0 Å². The van der Waals surface area contributed by atoms with Crippen LogP contribution in [0.2, 0.25) is 0 Å². The van der Waals surface area contributed by atoms with Crippen molar-refractivity contribution in [2.75, 3.05) is 6.61 Å². The fraction of sp³-hybridized carbons (Fsp3) is 0.920. The molecular weight excluding hydrogens is 364 g/mol. The second-order valence-corrected chi connectivity index (χ2v) is 8.25. The van der Waals surface area contributed by atoms with Crippen molar-refractivity contribution in [2.45, 2.75) is 142 Å². The van der Waals surface area contributed by atoms with Gasteiger partial charge in [0.1, 0.15) is 6.10 Å². The van der Waals surface area contributed by atoms with Gasteiger partial charge in [-0.1, -0.05) is 91.4 Å². The van der Waals surface area contributed by atoms with E-state index in [1.807, 2.05) is 13.8 Å². The molecule has 0 aromatic rings. The third kappa shape index (κ3) is 20.0. The van der Waals surface area contributed by atoms with Crippen molar-refractivity contribution in [3.05, 3.63) is 0 Å². The molecule has 0 aromatic heterocycles. The first-order chi connectivity index (χ1) is 14.1. The highest BCUT2D eigenvalue weighted by Gasteiger charge is 2.10. The minimum absolute atomic E-state index is 0.0306. The molecule has 172 valence electrons. The molecule has 0 aliphatic rings. The van der Waals surface area contributed by atoms with Crippen LogP contribution in [0.15, 0.2) is 0 Å². The van der Waals surface area contributed by atoms with Crippen LogP contribution in [0.1, 0.15) is 136 Å². The third-order valence-electron chi connectivity index (χ3n) is 5.48. The Labute approximate surface area is 180 Å². The molecule has 0 aliphatic heterocycles. The summed E-state index contributed by atoms with van der Waals surface area (Å²) in [5.41, 5.74) is 0. The molecule has 0 heterocycles. The number of ether oxygens (including phenoxy) is 2. The summed E-state index contributed by atoms with van der Waals surface area (Å²) in [5, 5.41) is 0. The van der Waals surface area contributed by atoms with E-state index in [-0.39, 0.29) is 18.0 Å². The Kier molecular flexibility index (Phi) is 20.9. The van der Waals surface area contributed by atoms with E-state index >= 15 is 0 Å². The maximum Gasteiger partial charge on any atom is 0.306 e. The summed E-state index contributed by atoms with van der Waals surface area (Å²) in [5.74, 6) is -0.287. The fourth-order valence-corrected chi connectivity index (χ4v) is 3.44. The van der Waals surface area contributed by atoms with Crippen LogP contribution >= 0.6 is 0 Å². The van der Waals surface area contributed by atoms with E-state index in [9.17, 15) is 9.59 Å². The number of unbranched alkanes of at least 4 members (excludes halogenated alkanes) is 12. The summed E-state index contributed by atoms with van der Waals surface area (Å²) in [4.78, 5) is 23.4. The van der Waals surface area contributed by atoms with Crippen molar-refractivity contribution < 1.29 is 19.1 Å². The summed E-state index contributed by atoms with van der Waals surface area (Å²) in [6.45, 7) is 6.84. The van der Waals surface area contributed by atoms with Crippen LogP contribution in [0.4, 0.5) is 0 Å². The summed E-state index contributed by atoms with van der Waals surface area (Å²) in [6.07, 6.45) is 19.6. The van der Waals surface area contributed by atoms with Gasteiger partial charge in [0.25, 0.3) is 0 Å². The zero-order valence-corrected chi connectivity index (χ0v) is 19.6. The van der Waals surface area contributed by atoms with Crippen LogP contribution in [0.5, 0.6) is 0 Å². The normalized spacial score (nSPS) is 11.0. The monoisotopic (exact) mass is 412 g/mol. The Morgan fingerprint density at radius 2 is 1.03 bits per heavy atom. The van der Waals surface area contributed by atoms with E-state index in [4.69, 9.17) is 9.47 Å². The molecule has 0 bridgehead atoms. The molecule has 0 saturated heterocycles. The molecule has 0 radical (unpaired) electrons. The Hall–Kier alpha value is -1.06. The third-order valence-corrected chi connectivity index (χ3v) is 5.48. The largest absolute Gasteiger partial charge is 0.466 e. The van der Waals surface area contributed by atoms with Crippen molar-refractivity contribution >= 4 is 11.9 Å². The summed E-state index contributed by atoms with van der Waals surface area (Å²) >= 11 is 0. The molecule has 0 fully saturated rings. The van der Waals surface area contributed by atoms with Gasteiger partial charge in [-0.2, -0.15) is 0 Å². The first kappa shape index (κ1) is 27.9. The van der Waals surface area contributed by atoms with Crippen LogP contribution in [-0.4, -0.2) is 24.6 Å². The highest BCUT2D eigenvalue weighted by Crippen LogP contribution is 2.12. The van der Waals surface area contributed by atoms with E-state index in [2.05, 4.69) is 6.92 Å². The quantitative estimate of drug-likeness (QED) is 0.144. The van der Waals surface area contributed by atoms with Crippen molar-refractivity contribution in [3.8, 4) is 0 Å². The standard InChI is InChI=1S/C25H48O4/c1-4-7-8-9-10-11-12-13-14-15-16-19-22-28-24(26)20-17-18-21-25(27)29-23(5-2)6-3/h23H,4-22H2,1-3H3. The molecule has 0 atom stereocenters. The number of carbonyl (C=O) groups is 2. The van der Waals surface area contributed by atoms with Crippen molar-refractivity contribution in [1.82, 2.24) is 0 Å². The van der Waals surface area contributed by atoms with Gasteiger partial charge in [0, 0.05) is 12.8 Å². The van der Waals surface area contributed by atoms with Crippen molar-refractivity contribution in [3.63, 3.8) is 0 Å². The minimum atomic E-state index is -0.149. The predicted molar refractivity (Wildman–Crippen MR) is 121 cm³/mol. The molecule has 4 heteroatoms. The SMILES string of the molecule is CCCCCCCCCCCCCCOC(=O)CCCCC(=O)OC(CC)CC. The van der Waals surface area contributed by atoms with Crippen LogP contribution < -0.4 is 0 Å². The molecule has 0 rings (SSSR count). The zero-order chi connectivity index (χ0) is 21.6. The van der Waals surface area contributed by atoms with E-state index in [0.717, 1.165) is 25.7 Å². The van der Waals surface area contributed by atoms with Gasteiger partial charge in [0.2, 0.25) is 0 Å². The lowest BCUT2D eigenvalue weighted by Gasteiger charge is -2.13. The topological polar surface area (TPSA) is 52.6 Å². The second-order valence-electron chi connectivity index (χ2n) is 8.25. The molecule has 0 unspecified atom stereocenters. The van der Waals surface area contributed by atoms with Gasteiger partial charge in [0.15, 0.2) is 0 Å². The number of rotatable bonds is 21. The van der Waals surface area contributed by atoms with E-state index < -0.39 is 0 Å². The van der Waals surface area contributed by atoms with Crippen LogP contribution in [0.3, 0.4) is 0 Å². The lowest BCUT2D eigenvalue weighted by Crippen LogP contribution is -2.16. The van der Waals surface area contributed by atoms with Gasteiger partial charge in [-0.3, -0.25) is 9.59 Å². The number of carbonyl (C=O) groups excluding carboxylic acids is 2. The molecule has 0 aromatic carbocycles. The Morgan fingerprint density at radius 1 is 0.586 bits per heavy atom. The molecule has 0 spiro atoms. The van der Waals surface area contributed by atoms with Gasteiger partial charge in [-0.15, -0.1) is 0 Å². The van der Waals surface area contributed by atoms with Gasteiger partial charge in [-0.25, -0.2) is 0 Å². The molecule has 0 aliphatic carbocycles. The van der Waals surface area contributed by atoms with Gasteiger partial charge in [0.05, 0.1) is 6.61 Å². The summed E-state index contributed by atoms with van der Waals surface area (Å²) in [6, 6.07) is 0. The smallest absolute Gasteiger partial charge is 0.306 e. The highest BCUT2D eigenvalue weighted by atomic mass is 16.5. The van der Waals surface area contributed by atoms with Crippen LogP contribution in [0.25, 0.3) is 0 Å². The van der Waals surface area contributed by atoms with E-state index in [1.54, 1.807) is 0 Å². The minimum Gasteiger partial charge on any atom is -0.466 e. The van der Waals surface area contributed by atoms with E-state index in [0.29, 0.717) is 32.3 Å². The molecule has 29 heavy (non-hydrogen) atoms. The fourth-order valence-electron chi connectivity index (χ4n) is 3.44. The first-order valence-electron chi connectivity index (χ1n) is 12.5. The van der Waals surface area contributed by atoms with Gasteiger partial charge in [-0.05, 0) is 32.1 Å². The van der Waals surface area contributed by atoms with Crippen LogP contribution in [-0.2, 0) is 19.1 Å². The first-order valence-corrected chi connectivity index (χ1v) is 12.5. The molecular formula is C25H48O4. The lowest BCUT2D eigenvalue weighted by molar-refractivity contribution is -0.150. The Bertz CT molecular complexity index is 377. The Balaban J connectivity index is 3.33.